The lowest BCUT2D eigenvalue weighted by Crippen LogP contribution is -2.45. The Morgan fingerprint density at radius 2 is 2.06 bits per heavy atom. The predicted octanol–water partition coefficient (Wildman–Crippen LogP) is 1.21. The summed E-state index contributed by atoms with van der Waals surface area (Å²) in [5.41, 5.74) is 0. The van der Waals surface area contributed by atoms with E-state index in [2.05, 4.69) is 5.32 Å². The average molecular weight is 263 g/mol. The van der Waals surface area contributed by atoms with Crippen LogP contribution < -0.4 is 5.32 Å². The summed E-state index contributed by atoms with van der Waals surface area (Å²) in [6.45, 7) is 3.66. The number of nitrogens with one attached hydrogen (secondary N) is 1. The number of carbonyl (C=O) groups is 2. The number of imide groups is 1. The Morgan fingerprint density at radius 1 is 1.47 bits per heavy atom. The van der Waals surface area contributed by atoms with Crippen molar-refractivity contribution in [3.8, 4) is 0 Å². The van der Waals surface area contributed by atoms with Crippen molar-refractivity contribution in [3.05, 3.63) is 0 Å². The van der Waals surface area contributed by atoms with Gasteiger partial charge in [0.25, 0.3) is 0 Å². The lowest BCUT2D eigenvalue weighted by atomic mass is 10.0. The fourth-order valence-electron chi connectivity index (χ4n) is 1.70. The minimum atomic E-state index is -0.699. The third kappa shape index (κ3) is 4.91. The van der Waals surface area contributed by atoms with E-state index >= 15 is 0 Å². The summed E-state index contributed by atoms with van der Waals surface area (Å²) in [6.07, 6.45) is 1.91. The quantitative estimate of drug-likeness (QED) is 0.778. The van der Waals surface area contributed by atoms with Gasteiger partial charge in [0.15, 0.2) is 0 Å². The van der Waals surface area contributed by atoms with Crippen molar-refractivity contribution >= 4 is 23.5 Å². The maximum atomic E-state index is 11.6. The van der Waals surface area contributed by atoms with Crippen LogP contribution in [0.5, 0.6) is 0 Å². The highest BCUT2D eigenvalue weighted by atomic mass is 35.5. The Morgan fingerprint density at radius 3 is 2.59 bits per heavy atom. The van der Waals surface area contributed by atoms with E-state index in [9.17, 15) is 9.59 Å². The molecule has 1 saturated heterocycles. The number of carbonyl (C=O) groups excluding carboxylic acids is 2. The predicted molar refractivity (Wildman–Crippen MR) is 65.0 cm³/mol. The summed E-state index contributed by atoms with van der Waals surface area (Å²) < 4.78 is 5.25. The van der Waals surface area contributed by atoms with Crippen LogP contribution in [0.3, 0.4) is 0 Å². The molecule has 0 radical (unpaired) electrons. The summed E-state index contributed by atoms with van der Waals surface area (Å²) in [4.78, 5) is 24.4. The van der Waals surface area contributed by atoms with Crippen LogP contribution in [0, 0.1) is 5.92 Å². The van der Waals surface area contributed by atoms with E-state index in [0.29, 0.717) is 12.5 Å². The smallest absolute Gasteiger partial charge is 0.323 e. The second-order valence-electron chi connectivity index (χ2n) is 4.35. The zero-order valence-corrected chi connectivity index (χ0v) is 11.0. The molecule has 0 aromatic rings. The van der Waals surface area contributed by atoms with Gasteiger partial charge in [-0.25, -0.2) is 4.79 Å². The van der Waals surface area contributed by atoms with E-state index in [1.165, 1.54) is 11.8 Å². The number of halogens is 1. The van der Waals surface area contributed by atoms with Crippen molar-refractivity contribution in [2.24, 2.45) is 5.92 Å². The number of hydrogen-bond acceptors (Lipinski definition) is 3. The molecule has 6 heteroatoms. The van der Waals surface area contributed by atoms with Crippen LogP contribution >= 0.6 is 11.6 Å². The van der Waals surface area contributed by atoms with E-state index in [1.54, 1.807) is 7.05 Å². The van der Waals surface area contributed by atoms with Gasteiger partial charge in [0.2, 0.25) is 5.91 Å². The highest BCUT2D eigenvalue weighted by Gasteiger charge is 2.20. The van der Waals surface area contributed by atoms with Gasteiger partial charge in [-0.05, 0) is 25.7 Å². The largest absolute Gasteiger partial charge is 0.381 e. The van der Waals surface area contributed by atoms with Gasteiger partial charge >= 0.3 is 6.03 Å². The summed E-state index contributed by atoms with van der Waals surface area (Å²) in [5.74, 6) is -0.0153. The van der Waals surface area contributed by atoms with Crippen LogP contribution in [-0.4, -0.2) is 49.0 Å². The molecule has 3 amide bonds. The number of ether oxygens (including phenoxy) is 1. The third-order valence-corrected chi connectivity index (χ3v) is 3.01. The highest BCUT2D eigenvalue weighted by molar-refractivity contribution is 6.31. The zero-order valence-electron chi connectivity index (χ0n) is 10.2. The lowest BCUT2D eigenvalue weighted by Gasteiger charge is -2.27. The standard InChI is InChI=1S/C11H19ClN2O3/c1-8(12)10(15)13-11(16)14(2)7-9-3-5-17-6-4-9/h8-9H,3-7H2,1-2H3,(H,13,15,16). The topological polar surface area (TPSA) is 58.6 Å². The number of rotatable bonds is 3. The van der Waals surface area contributed by atoms with E-state index in [1.807, 2.05) is 0 Å². The maximum Gasteiger partial charge on any atom is 0.323 e. The summed E-state index contributed by atoms with van der Waals surface area (Å²) in [5, 5.41) is 1.55. The second kappa shape index (κ2) is 6.81. The van der Waals surface area contributed by atoms with E-state index < -0.39 is 17.3 Å². The molecule has 1 unspecified atom stereocenters. The molecule has 0 saturated carbocycles. The number of alkyl halides is 1. The van der Waals surface area contributed by atoms with Gasteiger partial charge in [-0.1, -0.05) is 0 Å². The summed E-state index contributed by atoms with van der Waals surface area (Å²) >= 11 is 5.57. The molecule has 5 nitrogen and oxygen atoms in total. The Kier molecular flexibility index (Phi) is 5.71. The SMILES string of the molecule is CC(Cl)C(=O)NC(=O)N(C)CC1CCOCC1. The molecule has 1 aliphatic heterocycles. The normalized spacial score (nSPS) is 18.5. The van der Waals surface area contributed by atoms with Crippen molar-refractivity contribution < 1.29 is 14.3 Å². The van der Waals surface area contributed by atoms with Gasteiger partial charge in [-0.15, -0.1) is 11.6 Å². The van der Waals surface area contributed by atoms with Gasteiger partial charge in [-0.2, -0.15) is 0 Å². The molecular weight excluding hydrogens is 244 g/mol. The van der Waals surface area contributed by atoms with Gasteiger partial charge in [0, 0.05) is 26.8 Å². The van der Waals surface area contributed by atoms with Crippen LogP contribution in [0.1, 0.15) is 19.8 Å². The summed E-state index contributed by atoms with van der Waals surface area (Å²) in [7, 11) is 1.68. The minimum Gasteiger partial charge on any atom is -0.381 e. The second-order valence-corrected chi connectivity index (χ2v) is 5.00. The van der Waals surface area contributed by atoms with E-state index in [-0.39, 0.29) is 0 Å². The van der Waals surface area contributed by atoms with E-state index in [4.69, 9.17) is 16.3 Å². The minimum absolute atomic E-state index is 0.394. The van der Waals surface area contributed by atoms with Crippen LogP contribution in [0.25, 0.3) is 0 Å². The molecule has 17 heavy (non-hydrogen) atoms. The molecular formula is C11H19ClN2O3. The molecule has 1 rings (SSSR count). The van der Waals surface area contributed by atoms with E-state index in [0.717, 1.165) is 26.1 Å². The fourth-order valence-corrected chi connectivity index (χ4v) is 1.75. The lowest BCUT2D eigenvalue weighted by molar-refractivity contribution is -0.119. The summed E-state index contributed by atoms with van der Waals surface area (Å²) in [6, 6.07) is -0.394. The molecule has 0 aromatic heterocycles. The molecule has 0 bridgehead atoms. The number of amides is 3. The maximum absolute atomic E-state index is 11.6. The monoisotopic (exact) mass is 262 g/mol. The Hall–Kier alpha value is -0.810. The van der Waals surface area contributed by atoms with Gasteiger partial charge in [0.1, 0.15) is 5.38 Å². The molecule has 98 valence electrons. The Balaban J connectivity index is 2.33. The molecule has 0 aromatic carbocycles. The van der Waals surface area contributed by atoms with Crippen LogP contribution in [-0.2, 0) is 9.53 Å². The Labute approximate surface area is 106 Å². The molecule has 0 aliphatic carbocycles. The van der Waals surface area contributed by atoms with Crippen LogP contribution in [0.2, 0.25) is 0 Å². The van der Waals surface area contributed by atoms with Gasteiger partial charge < -0.3 is 9.64 Å². The molecule has 1 fully saturated rings. The molecule has 1 aliphatic rings. The van der Waals surface area contributed by atoms with Gasteiger partial charge in [0.05, 0.1) is 0 Å². The molecule has 1 heterocycles. The number of urea groups is 1. The molecule has 1 N–H and O–H groups in total. The molecule has 1 atom stereocenters. The van der Waals surface area contributed by atoms with Gasteiger partial charge in [-0.3, -0.25) is 10.1 Å². The van der Waals surface area contributed by atoms with Crippen LogP contribution in [0.15, 0.2) is 0 Å². The first kappa shape index (κ1) is 14.3. The number of nitrogens with zero attached hydrogens (tertiary/aromatic N) is 1. The van der Waals surface area contributed by atoms with Crippen molar-refractivity contribution in [3.63, 3.8) is 0 Å². The van der Waals surface area contributed by atoms with Crippen molar-refractivity contribution in [1.29, 1.82) is 0 Å². The average Bonchev–Trinajstić information content (AvgIpc) is 2.29. The first-order valence-corrected chi connectivity index (χ1v) is 6.22. The first-order chi connectivity index (χ1) is 8.00. The van der Waals surface area contributed by atoms with Crippen LogP contribution in [0.4, 0.5) is 4.79 Å². The first-order valence-electron chi connectivity index (χ1n) is 5.78. The third-order valence-electron chi connectivity index (χ3n) is 2.81. The Bertz CT molecular complexity index is 278. The van der Waals surface area contributed by atoms with Crippen molar-refractivity contribution in [2.75, 3.05) is 26.8 Å². The zero-order chi connectivity index (χ0) is 12.8. The highest BCUT2D eigenvalue weighted by Crippen LogP contribution is 2.15. The van der Waals surface area contributed by atoms with Crippen molar-refractivity contribution in [1.82, 2.24) is 10.2 Å². The molecule has 0 spiro atoms. The fraction of sp³-hybridized carbons (Fsp3) is 0.818. The van der Waals surface area contributed by atoms with Crippen molar-refractivity contribution in [2.45, 2.75) is 25.1 Å². The number of hydrogen-bond donors (Lipinski definition) is 1.